The largest absolute Gasteiger partial charge is 0.339 e. The Bertz CT molecular complexity index is 1530. The highest BCUT2D eigenvalue weighted by Gasteiger charge is 2.43. The van der Waals surface area contributed by atoms with Crippen LogP contribution >= 0.6 is 0 Å². The normalized spacial score (nSPS) is 17.1. The maximum absolute atomic E-state index is 13.3. The molecule has 4 heterocycles. The van der Waals surface area contributed by atoms with E-state index in [-0.39, 0.29) is 11.8 Å². The van der Waals surface area contributed by atoms with Crippen molar-refractivity contribution >= 4 is 17.1 Å². The number of amides is 1. The standard InChI is InChI=1S/C24H18FN7O2/c1-13-2-3-14(22-30-24(34-31-22)17-7-19(17)25)6-20(13)29-23(33)18-10-28-32-11-15(4-5-21(18)32)16-8-26-12-27-9-16/h2-6,8-12,17,19H,7H2,1H3,(H,29,33)/t17-,19-/m0/s1. The van der Waals surface area contributed by atoms with Gasteiger partial charge in [-0.25, -0.2) is 18.9 Å². The van der Waals surface area contributed by atoms with Crippen molar-refractivity contribution in [1.82, 2.24) is 29.7 Å². The fourth-order valence-corrected chi connectivity index (χ4v) is 3.79. The predicted molar refractivity (Wildman–Crippen MR) is 121 cm³/mol. The molecule has 5 aromatic rings. The first-order valence-electron chi connectivity index (χ1n) is 10.7. The Morgan fingerprint density at radius 2 is 1.91 bits per heavy atom. The number of nitrogens with one attached hydrogen (secondary N) is 1. The van der Waals surface area contributed by atoms with Crippen molar-refractivity contribution in [2.24, 2.45) is 0 Å². The van der Waals surface area contributed by atoms with Crippen LogP contribution in [-0.2, 0) is 0 Å². The zero-order chi connectivity index (χ0) is 23.2. The van der Waals surface area contributed by atoms with E-state index in [4.69, 9.17) is 4.52 Å². The number of aromatic nitrogens is 6. The molecule has 1 aliphatic rings. The molecule has 0 spiro atoms. The van der Waals surface area contributed by atoms with Gasteiger partial charge in [0.2, 0.25) is 11.7 Å². The molecule has 1 saturated carbocycles. The summed E-state index contributed by atoms with van der Waals surface area (Å²) in [5.41, 5.74) is 4.99. The average Bonchev–Trinajstić information content (AvgIpc) is 3.25. The lowest BCUT2D eigenvalue weighted by Crippen LogP contribution is -2.12. The molecular formula is C24H18FN7O2. The predicted octanol–water partition coefficient (Wildman–Crippen LogP) is 4.23. The Hall–Kier alpha value is -4.47. The van der Waals surface area contributed by atoms with Crippen molar-refractivity contribution in [3.05, 3.63) is 78.5 Å². The van der Waals surface area contributed by atoms with E-state index >= 15 is 0 Å². The fraction of sp³-hybridized carbons (Fsp3) is 0.167. The van der Waals surface area contributed by atoms with Gasteiger partial charge in [0.05, 0.1) is 23.2 Å². The van der Waals surface area contributed by atoms with Gasteiger partial charge in [-0.3, -0.25) is 4.79 Å². The number of carbonyl (C=O) groups is 1. The molecule has 9 nitrogen and oxygen atoms in total. The number of aryl methyl sites for hydroxylation is 1. The minimum Gasteiger partial charge on any atom is -0.339 e. The minimum absolute atomic E-state index is 0.293. The van der Waals surface area contributed by atoms with Crippen LogP contribution in [0.2, 0.25) is 0 Å². The molecule has 4 aromatic heterocycles. The molecule has 34 heavy (non-hydrogen) atoms. The van der Waals surface area contributed by atoms with Crippen LogP contribution in [0, 0.1) is 6.92 Å². The summed E-state index contributed by atoms with van der Waals surface area (Å²) < 4.78 is 20.2. The summed E-state index contributed by atoms with van der Waals surface area (Å²) in [6.45, 7) is 1.89. The smallest absolute Gasteiger partial charge is 0.259 e. The van der Waals surface area contributed by atoms with Crippen LogP contribution in [0.15, 0.2) is 66.0 Å². The second-order valence-electron chi connectivity index (χ2n) is 8.23. The molecule has 0 unspecified atom stereocenters. The van der Waals surface area contributed by atoms with Gasteiger partial charge in [0.25, 0.3) is 5.91 Å². The number of halogens is 1. The molecular weight excluding hydrogens is 437 g/mol. The van der Waals surface area contributed by atoms with Crippen LogP contribution in [0.25, 0.3) is 28.0 Å². The molecule has 1 amide bonds. The summed E-state index contributed by atoms with van der Waals surface area (Å²) in [4.78, 5) is 25.5. The third-order valence-corrected chi connectivity index (χ3v) is 5.87. The van der Waals surface area contributed by atoms with Gasteiger partial charge in [-0.15, -0.1) is 0 Å². The first-order valence-corrected chi connectivity index (χ1v) is 10.7. The van der Waals surface area contributed by atoms with Crippen molar-refractivity contribution < 1.29 is 13.7 Å². The quantitative estimate of drug-likeness (QED) is 0.422. The van der Waals surface area contributed by atoms with Crippen LogP contribution in [0.3, 0.4) is 0 Å². The molecule has 0 saturated heterocycles. The van der Waals surface area contributed by atoms with Gasteiger partial charge in [0.1, 0.15) is 12.5 Å². The van der Waals surface area contributed by atoms with Crippen molar-refractivity contribution in [3.63, 3.8) is 0 Å². The van der Waals surface area contributed by atoms with Crippen LogP contribution in [0.1, 0.15) is 34.2 Å². The molecule has 2 atom stereocenters. The highest BCUT2D eigenvalue weighted by atomic mass is 19.1. The number of rotatable bonds is 5. The van der Waals surface area contributed by atoms with E-state index in [0.29, 0.717) is 40.5 Å². The number of benzene rings is 1. The summed E-state index contributed by atoms with van der Waals surface area (Å²) in [7, 11) is 0. The number of anilines is 1. The summed E-state index contributed by atoms with van der Waals surface area (Å²) in [5, 5.41) is 11.3. The number of alkyl halides is 1. The van der Waals surface area contributed by atoms with E-state index < -0.39 is 6.17 Å². The molecule has 168 valence electrons. The SMILES string of the molecule is Cc1ccc(-c2noc([C@H]3C[C@@H]3F)n2)cc1NC(=O)c1cnn2cc(-c3cncnc3)ccc12. The van der Waals surface area contributed by atoms with Gasteiger partial charge in [0.15, 0.2) is 0 Å². The molecule has 1 N–H and O–H groups in total. The summed E-state index contributed by atoms with van der Waals surface area (Å²) in [6, 6.07) is 9.21. The van der Waals surface area contributed by atoms with E-state index in [0.717, 1.165) is 16.7 Å². The number of hydrogen-bond acceptors (Lipinski definition) is 7. The first kappa shape index (κ1) is 20.2. The van der Waals surface area contributed by atoms with Crippen molar-refractivity contribution in [2.75, 3.05) is 5.32 Å². The van der Waals surface area contributed by atoms with Crippen LogP contribution in [-0.4, -0.2) is 41.8 Å². The summed E-state index contributed by atoms with van der Waals surface area (Å²) in [5.74, 6) is 0.0639. The molecule has 1 aromatic carbocycles. The van der Waals surface area contributed by atoms with E-state index in [1.54, 1.807) is 23.0 Å². The summed E-state index contributed by atoms with van der Waals surface area (Å²) >= 11 is 0. The molecule has 1 fully saturated rings. The van der Waals surface area contributed by atoms with Crippen LogP contribution in [0.5, 0.6) is 0 Å². The first-order chi connectivity index (χ1) is 16.6. The van der Waals surface area contributed by atoms with E-state index in [1.165, 1.54) is 12.5 Å². The van der Waals surface area contributed by atoms with Crippen molar-refractivity contribution in [2.45, 2.75) is 25.4 Å². The van der Waals surface area contributed by atoms with Crippen LogP contribution in [0.4, 0.5) is 10.1 Å². The topological polar surface area (TPSA) is 111 Å². The van der Waals surface area contributed by atoms with Crippen LogP contribution < -0.4 is 5.32 Å². The van der Waals surface area contributed by atoms with Gasteiger partial charge in [-0.05, 0) is 31.0 Å². The Morgan fingerprint density at radius 1 is 1.12 bits per heavy atom. The second-order valence-corrected chi connectivity index (χ2v) is 8.23. The zero-order valence-corrected chi connectivity index (χ0v) is 18.0. The van der Waals surface area contributed by atoms with E-state index in [1.807, 2.05) is 37.4 Å². The number of nitrogens with zero attached hydrogens (tertiary/aromatic N) is 6. The lowest BCUT2D eigenvalue weighted by Gasteiger charge is -2.09. The van der Waals surface area contributed by atoms with Crippen molar-refractivity contribution in [3.8, 4) is 22.5 Å². The van der Waals surface area contributed by atoms with Gasteiger partial charge in [0, 0.05) is 41.0 Å². The monoisotopic (exact) mass is 455 g/mol. The third kappa shape index (κ3) is 3.58. The number of carbonyl (C=O) groups excluding carboxylic acids is 1. The Morgan fingerprint density at radius 3 is 2.71 bits per heavy atom. The van der Waals surface area contributed by atoms with Gasteiger partial charge in [-0.1, -0.05) is 23.4 Å². The second kappa shape index (κ2) is 7.84. The van der Waals surface area contributed by atoms with Crippen molar-refractivity contribution in [1.29, 1.82) is 0 Å². The van der Waals surface area contributed by atoms with E-state index in [2.05, 4.69) is 30.5 Å². The minimum atomic E-state index is -0.913. The molecule has 0 aliphatic heterocycles. The highest BCUT2D eigenvalue weighted by molar-refractivity contribution is 6.09. The molecule has 1 aliphatic carbocycles. The number of hydrogen-bond donors (Lipinski definition) is 1. The molecule has 0 radical (unpaired) electrons. The average molecular weight is 455 g/mol. The van der Waals surface area contributed by atoms with E-state index in [9.17, 15) is 9.18 Å². The molecule has 10 heteroatoms. The maximum atomic E-state index is 13.3. The Kier molecular flexibility index (Phi) is 4.65. The van der Waals surface area contributed by atoms with Gasteiger partial charge in [-0.2, -0.15) is 10.1 Å². The lowest BCUT2D eigenvalue weighted by atomic mass is 10.1. The number of fused-ring (bicyclic) bond motifs is 1. The lowest BCUT2D eigenvalue weighted by molar-refractivity contribution is 0.102. The molecule has 6 rings (SSSR count). The fourth-order valence-electron chi connectivity index (χ4n) is 3.79. The Balaban J connectivity index is 1.26. The maximum Gasteiger partial charge on any atom is 0.259 e. The van der Waals surface area contributed by atoms with Gasteiger partial charge < -0.3 is 9.84 Å². The highest BCUT2D eigenvalue weighted by Crippen LogP contribution is 2.43. The van der Waals surface area contributed by atoms with Gasteiger partial charge >= 0.3 is 0 Å². The summed E-state index contributed by atoms with van der Waals surface area (Å²) in [6.07, 6.45) is 7.76. The zero-order valence-electron chi connectivity index (χ0n) is 18.0. The Labute approximate surface area is 192 Å². The third-order valence-electron chi connectivity index (χ3n) is 5.87. The number of pyridine rings is 1. The molecule has 0 bridgehead atoms.